The van der Waals surface area contributed by atoms with Crippen molar-refractivity contribution in [1.82, 2.24) is 19.7 Å². The van der Waals surface area contributed by atoms with Crippen molar-refractivity contribution in [3.8, 4) is 5.69 Å². The second-order valence-corrected chi connectivity index (χ2v) is 5.24. The topological polar surface area (TPSA) is 43.6 Å². The molecule has 0 amide bonds. The molecule has 4 nitrogen and oxygen atoms in total. The van der Waals surface area contributed by atoms with Crippen LogP contribution in [-0.2, 0) is 0 Å². The largest absolute Gasteiger partial charge is 0.215 e. The lowest BCUT2D eigenvalue weighted by molar-refractivity contribution is 0.891. The highest BCUT2D eigenvalue weighted by atomic mass is 127. The fourth-order valence-corrected chi connectivity index (χ4v) is 2.55. The molecule has 0 atom stereocenters. The molecular weight excluding hydrogens is 363 g/mol. The Bertz CT molecular complexity index is 721. The van der Waals surface area contributed by atoms with Crippen molar-refractivity contribution < 1.29 is 0 Å². The van der Waals surface area contributed by atoms with Crippen LogP contribution in [0.2, 0.25) is 5.15 Å². The van der Waals surface area contributed by atoms with Crippen molar-refractivity contribution in [1.29, 1.82) is 0 Å². The molecule has 18 heavy (non-hydrogen) atoms. The number of nitrogens with zero attached hydrogens (tertiary/aromatic N) is 4. The summed E-state index contributed by atoms with van der Waals surface area (Å²) < 4.78 is 2.38. The minimum Gasteiger partial charge on any atom is -0.215 e. The lowest BCUT2D eigenvalue weighted by Crippen LogP contribution is -1.99. The van der Waals surface area contributed by atoms with Crippen molar-refractivity contribution in [2.45, 2.75) is 6.92 Å². The van der Waals surface area contributed by atoms with Crippen molar-refractivity contribution in [3.63, 3.8) is 0 Å². The first-order valence-corrected chi connectivity index (χ1v) is 6.74. The van der Waals surface area contributed by atoms with Crippen molar-refractivity contribution >= 4 is 45.2 Å². The van der Waals surface area contributed by atoms with E-state index in [1.165, 1.54) is 5.56 Å². The van der Waals surface area contributed by atoms with Crippen molar-refractivity contribution in [2.75, 3.05) is 0 Å². The van der Waals surface area contributed by atoms with E-state index in [1.807, 2.05) is 53.8 Å². The third-order valence-corrected chi connectivity index (χ3v) is 3.40. The van der Waals surface area contributed by atoms with E-state index in [4.69, 9.17) is 11.6 Å². The molecule has 0 aliphatic rings. The van der Waals surface area contributed by atoms with Crippen LogP contribution in [0.15, 0.2) is 30.5 Å². The maximum absolute atomic E-state index is 6.08. The van der Waals surface area contributed by atoms with Gasteiger partial charge in [0, 0.05) is 22.6 Å². The Kier molecular flexibility index (Phi) is 2.95. The van der Waals surface area contributed by atoms with Gasteiger partial charge in [-0.25, -0.2) is 14.6 Å². The van der Waals surface area contributed by atoms with Gasteiger partial charge < -0.3 is 0 Å². The van der Waals surface area contributed by atoms with Crippen molar-refractivity contribution in [3.05, 3.63) is 45.0 Å². The van der Waals surface area contributed by atoms with E-state index < -0.39 is 0 Å². The van der Waals surface area contributed by atoms with Crippen LogP contribution in [0.5, 0.6) is 0 Å². The van der Waals surface area contributed by atoms with Crippen LogP contribution >= 0.6 is 34.2 Å². The molecule has 1 aromatic carbocycles. The maximum Gasteiger partial charge on any atom is 0.194 e. The third kappa shape index (κ3) is 1.97. The summed E-state index contributed by atoms with van der Waals surface area (Å²) in [6.45, 7) is 2.05. The molecule has 0 unspecified atom stereocenters. The summed E-state index contributed by atoms with van der Waals surface area (Å²) in [5.74, 6) is 0. The Morgan fingerprint density at radius 3 is 2.61 bits per heavy atom. The highest BCUT2D eigenvalue weighted by Crippen LogP contribution is 2.23. The van der Waals surface area contributed by atoms with E-state index in [2.05, 4.69) is 15.1 Å². The van der Waals surface area contributed by atoms with Crippen LogP contribution in [-0.4, -0.2) is 19.7 Å². The summed E-state index contributed by atoms with van der Waals surface area (Å²) in [7, 11) is 0. The highest BCUT2D eigenvalue weighted by molar-refractivity contribution is 14.1. The molecule has 0 aliphatic heterocycles. The van der Waals surface area contributed by atoms with Crippen LogP contribution in [0, 0.1) is 10.8 Å². The number of fused-ring (bicyclic) bond motifs is 1. The van der Waals surface area contributed by atoms with Crippen LogP contribution in [0.4, 0.5) is 0 Å². The molecule has 2 heterocycles. The van der Waals surface area contributed by atoms with Gasteiger partial charge in [-0.2, -0.15) is 5.10 Å². The van der Waals surface area contributed by atoms with Gasteiger partial charge in [-0.1, -0.05) is 29.3 Å². The van der Waals surface area contributed by atoms with E-state index in [1.54, 1.807) is 10.9 Å². The van der Waals surface area contributed by atoms with Gasteiger partial charge in [0.2, 0.25) is 0 Å². The summed E-state index contributed by atoms with van der Waals surface area (Å²) >= 11 is 8.12. The van der Waals surface area contributed by atoms with Crippen molar-refractivity contribution in [2.24, 2.45) is 0 Å². The standard InChI is InChI=1S/C12H8ClIN4/c1-7-2-4-8(5-3-7)18-11-9(6-15-18)10(13)16-12(14)17-11/h2-6H,1H3. The SMILES string of the molecule is Cc1ccc(-n2ncc3c(Cl)nc(I)nc32)cc1. The first-order chi connectivity index (χ1) is 8.65. The molecule has 2 aromatic heterocycles. The number of hydrogen-bond donors (Lipinski definition) is 0. The number of rotatable bonds is 1. The Balaban J connectivity index is 2.27. The summed E-state index contributed by atoms with van der Waals surface area (Å²) in [6, 6.07) is 8.09. The second kappa shape index (κ2) is 4.47. The number of aromatic nitrogens is 4. The van der Waals surface area contributed by atoms with Crippen LogP contribution < -0.4 is 0 Å². The number of halogens is 2. The fourth-order valence-electron chi connectivity index (χ4n) is 1.72. The minimum atomic E-state index is 0.433. The van der Waals surface area contributed by atoms with Gasteiger partial charge in [0.1, 0.15) is 5.15 Å². The maximum atomic E-state index is 6.08. The number of benzene rings is 1. The number of hydrogen-bond acceptors (Lipinski definition) is 3. The van der Waals surface area contributed by atoms with Gasteiger partial charge in [0.25, 0.3) is 0 Å². The molecular formula is C12H8ClIN4. The quantitative estimate of drug-likeness (QED) is 0.375. The third-order valence-electron chi connectivity index (χ3n) is 2.63. The average Bonchev–Trinajstić information content (AvgIpc) is 2.74. The summed E-state index contributed by atoms with van der Waals surface area (Å²) in [4.78, 5) is 8.50. The zero-order valence-electron chi connectivity index (χ0n) is 9.43. The smallest absolute Gasteiger partial charge is 0.194 e. The predicted octanol–water partition coefficient (Wildman–Crippen LogP) is 3.38. The van der Waals surface area contributed by atoms with E-state index in [0.29, 0.717) is 8.98 Å². The fraction of sp³-hybridized carbons (Fsp3) is 0.0833. The molecule has 0 saturated carbocycles. The molecule has 0 bridgehead atoms. The first-order valence-electron chi connectivity index (χ1n) is 5.29. The van der Waals surface area contributed by atoms with E-state index in [9.17, 15) is 0 Å². The van der Waals surface area contributed by atoms with Gasteiger partial charge in [0.15, 0.2) is 9.48 Å². The minimum absolute atomic E-state index is 0.433. The van der Waals surface area contributed by atoms with Crippen LogP contribution in [0.25, 0.3) is 16.7 Å². The first kappa shape index (κ1) is 11.9. The normalized spacial score (nSPS) is 11.1. The molecule has 0 N–H and O–H groups in total. The molecule has 3 aromatic rings. The van der Waals surface area contributed by atoms with Crippen LogP contribution in [0.3, 0.4) is 0 Å². The monoisotopic (exact) mass is 370 g/mol. The Morgan fingerprint density at radius 2 is 1.89 bits per heavy atom. The van der Waals surface area contributed by atoms with Gasteiger partial charge >= 0.3 is 0 Å². The predicted molar refractivity (Wildman–Crippen MR) is 79.1 cm³/mol. The zero-order valence-corrected chi connectivity index (χ0v) is 12.3. The Labute approximate surface area is 122 Å². The molecule has 0 fully saturated rings. The Hall–Kier alpha value is -1.21. The molecule has 0 saturated heterocycles. The molecule has 3 rings (SSSR count). The van der Waals surface area contributed by atoms with E-state index >= 15 is 0 Å². The summed E-state index contributed by atoms with van der Waals surface area (Å²) in [5, 5.41) is 5.52. The molecule has 0 aliphatic carbocycles. The summed E-state index contributed by atoms with van der Waals surface area (Å²) in [5.41, 5.74) is 2.89. The highest BCUT2D eigenvalue weighted by Gasteiger charge is 2.11. The van der Waals surface area contributed by atoms with Gasteiger partial charge in [-0.15, -0.1) is 0 Å². The second-order valence-electron chi connectivity index (χ2n) is 3.91. The Morgan fingerprint density at radius 1 is 1.17 bits per heavy atom. The summed E-state index contributed by atoms with van der Waals surface area (Å²) in [6.07, 6.45) is 1.69. The number of aryl methyl sites for hydroxylation is 1. The van der Waals surface area contributed by atoms with E-state index in [0.717, 1.165) is 16.7 Å². The molecule has 6 heteroatoms. The van der Waals surface area contributed by atoms with Gasteiger partial charge in [-0.3, -0.25) is 0 Å². The average molecular weight is 371 g/mol. The molecule has 0 spiro atoms. The van der Waals surface area contributed by atoms with Gasteiger partial charge in [-0.05, 0) is 19.1 Å². The lowest BCUT2D eigenvalue weighted by Gasteiger charge is -2.03. The van der Waals surface area contributed by atoms with Gasteiger partial charge in [0.05, 0.1) is 17.3 Å². The molecule has 0 radical (unpaired) electrons. The molecule has 90 valence electrons. The zero-order chi connectivity index (χ0) is 12.7. The van der Waals surface area contributed by atoms with E-state index in [-0.39, 0.29) is 0 Å². The van der Waals surface area contributed by atoms with Crippen LogP contribution in [0.1, 0.15) is 5.56 Å². The lowest BCUT2D eigenvalue weighted by atomic mass is 10.2.